The molecule has 0 radical (unpaired) electrons. The fourth-order valence-corrected chi connectivity index (χ4v) is 1.57. The van der Waals surface area contributed by atoms with Crippen molar-refractivity contribution in [3.05, 3.63) is 34.9 Å². The van der Waals surface area contributed by atoms with Gasteiger partial charge in [-0.25, -0.2) is 0 Å². The molecule has 1 rings (SSSR count). The lowest BCUT2D eigenvalue weighted by Crippen LogP contribution is -2.10. The Morgan fingerprint density at radius 2 is 1.65 bits per heavy atom. The highest BCUT2D eigenvalue weighted by molar-refractivity contribution is 5.36. The molecule has 0 aliphatic carbocycles. The van der Waals surface area contributed by atoms with Crippen LogP contribution in [0.3, 0.4) is 0 Å². The van der Waals surface area contributed by atoms with Gasteiger partial charge in [0.15, 0.2) is 0 Å². The van der Waals surface area contributed by atoms with E-state index in [1.807, 2.05) is 20.8 Å². The van der Waals surface area contributed by atoms with Crippen LogP contribution in [0.5, 0.6) is 0 Å². The van der Waals surface area contributed by atoms with Crippen LogP contribution >= 0.6 is 0 Å². The van der Waals surface area contributed by atoms with Crippen LogP contribution in [0, 0.1) is 0 Å². The zero-order valence-electron chi connectivity index (χ0n) is 11.2. The van der Waals surface area contributed by atoms with Crippen molar-refractivity contribution in [3.8, 4) is 0 Å². The summed E-state index contributed by atoms with van der Waals surface area (Å²) in [4.78, 5) is 0. The molecule has 0 heterocycles. The van der Waals surface area contributed by atoms with Crippen LogP contribution in [-0.2, 0) is 12.6 Å². The molecule has 3 heteroatoms. The third-order valence-electron chi connectivity index (χ3n) is 2.45. The molecular weight excluding hydrogens is 225 g/mol. The highest BCUT2D eigenvalue weighted by Crippen LogP contribution is 2.35. The van der Waals surface area contributed by atoms with Crippen LogP contribution in [0.25, 0.3) is 0 Å². The van der Waals surface area contributed by atoms with Gasteiger partial charge in [-0.3, -0.25) is 0 Å². The van der Waals surface area contributed by atoms with Crippen LogP contribution in [-0.4, -0.2) is 0 Å². The Morgan fingerprint density at radius 3 is 2.00 bits per heavy atom. The van der Waals surface area contributed by atoms with Gasteiger partial charge in [-0.1, -0.05) is 46.8 Å². The topological polar surface area (TPSA) is 0 Å². The lowest BCUT2D eigenvalue weighted by Gasteiger charge is -2.16. The molecule has 1 aromatic rings. The Balaban J connectivity index is 0.00000121. The first-order chi connectivity index (χ1) is 7.86. The summed E-state index contributed by atoms with van der Waals surface area (Å²) < 4.78 is 38.2. The highest BCUT2D eigenvalue weighted by Gasteiger charge is 2.33. The first-order valence-electron chi connectivity index (χ1n) is 6.06. The third kappa shape index (κ3) is 4.41. The van der Waals surface area contributed by atoms with Gasteiger partial charge in [0, 0.05) is 0 Å². The third-order valence-corrected chi connectivity index (χ3v) is 2.45. The molecule has 0 amide bonds. The molecule has 0 N–H and O–H groups in total. The Labute approximate surface area is 102 Å². The van der Waals surface area contributed by atoms with Crippen molar-refractivity contribution in [2.75, 3.05) is 0 Å². The maximum atomic E-state index is 12.7. The second-order valence-electron chi connectivity index (χ2n) is 3.93. The Bertz CT molecular complexity index is 338. The number of alkyl halides is 3. The van der Waals surface area contributed by atoms with Crippen molar-refractivity contribution < 1.29 is 13.2 Å². The van der Waals surface area contributed by atoms with Crippen LogP contribution < -0.4 is 0 Å². The van der Waals surface area contributed by atoms with Crippen molar-refractivity contribution in [3.63, 3.8) is 0 Å². The molecule has 0 bridgehead atoms. The summed E-state index contributed by atoms with van der Waals surface area (Å²) in [5.74, 6) is -0.104. The maximum absolute atomic E-state index is 12.7. The maximum Gasteiger partial charge on any atom is 0.416 e. The Kier molecular flexibility index (Phi) is 6.29. The van der Waals surface area contributed by atoms with Crippen LogP contribution in [0.4, 0.5) is 13.2 Å². The van der Waals surface area contributed by atoms with Crippen molar-refractivity contribution in [1.29, 1.82) is 0 Å². The lowest BCUT2D eigenvalue weighted by atomic mass is 9.94. The van der Waals surface area contributed by atoms with Gasteiger partial charge < -0.3 is 0 Å². The average Bonchev–Trinajstić information content (AvgIpc) is 2.29. The van der Waals surface area contributed by atoms with E-state index in [4.69, 9.17) is 0 Å². The first-order valence-corrected chi connectivity index (χ1v) is 6.06. The molecule has 0 saturated heterocycles. The number of hydrogen-bond acceptors (Lipinski definition) is 0. The van der Waals surface area contributed by atoms with E-state index in [0.29, 0.717) is 12.0 Å². The van der Waals surface area contributed by atoms with E-state index in [2.05, 4.69) is 0 Å². The zero-order chi connectivity index (χ0) is 13.6. The van der Waals surface area contributed by atoms with E-state index in [1.165, 1.54) is 6.07 Å². The molecular formula is C14H21F3. The lowest BCUT2D eigenvalue weighted by molar-refractivity contribution is -0.138. The van der Waals surface area contributed by atoms with Gasteiger partial charge in [-0.15, -0.1) is 0 Å². The summed E-state index contributed by atoms with van der Waals surface area (Å²) in [6.45, 7) is 9.40. The van der Waals surface area contributed by atoms with Gasteiger partial charge in [0.2, 0.25) is 0 Å². The van der Waals surface area contributed by atoms with Gasteiger partial charge in [-0.05, 0) is 29.5 Å². The monoisotopic (exact) mass is 246 g/mol. The second kappa shape index (κ2) is 6.67. The fraction of sp³-hybridized carbons (Fsp3) is 0.571. The standard InChI is InChI=1S/C12H15F3.C2H6/c1-4-9-5-6-10(8(2)3)11(7-9)12(13,14)15;1-2/h5-8H,4H2,1-3H3;1-2H3. The molecule has 0 aliphatic rings. The average molecular weight is 246 g/mol. The van der Waals surface area contributed by atoms with Gasteiger partial charge in [0.1, 0.15) is 0 Å². The molecule has 0 atom stereocenters. The molecule has 0 saturated carbocycles. The molecule has 0 nitrogen and oxygen atoms in total. The van der Waals surface area contributed by atoms with Crippen LogP contribution in [0.15, 0.2) is 18.2 Å². The number of halogens is 3. The Hall–Kier alpha value is -0.990. The summed E-state index contributed by atoms with van der Waals surface area (Å²) in [6.07, 6.45) is -3.62. The molecule has 98 valence electrons. The largest absolute Gasteiger partial charge is 0.416 e. The van der Waals surface area contributed by atoms with Crippen LogP contribution in [0.2, 0.25) is 0 Å². The predicted octanol–water partition coefficient (Wildman–Crippen LogP) is 5.42. The molecule has 17 heavy (non-hydrogen) atoms. The smallest absolute Gasteiger partial charge is 0.166 e. The van der Waals surface area contributed by atoms with Crippen molar-refractivity contribution in [1.82, 2.24) is 0 Å². The molecule has 0 spiro atoms. The van der Waals surface area contributed by atoms with E-state index in [0.717, 1.165) is 5.56 Å². The Morgan fingerprint density at radius 1 is 1.12 bits per heavy atom. The van der Waals surface area contributed by atoms with Crippen LogP contribution in [0.1, 0.15) is 57.2 Å². The zero-order valence-corrected chi connectivity index (χ0v) is 11.2. The van der Waals surface area contributed by atoms with Crippen molar-refractivity contribution in [2.45, 2.75) is 53.1 Å². The summed E-state index contributed by atoms with van der Waals surface area (Å²) in [6, 6.07) is 4.62. The first kappa shape index (κ1) is 16.0. The van der Waals surface area contributed by atoms with Gasteiger partial charge in [0.25, 0.3) is 0 Å². The summed E-state index contributed by atoms with van der Waals surface area (Å²) in [7, 11) is 0. The molecule has 0 unspecified atom stereocenters. The van der Waals surface area contributed by atoms with E-state index in [9.17, 15) is 13.2 Å². The number of rotatable bonds is 2. The quantitative estimate of drug-likeness (QED) is 0.653. The van der Waals surface area contributed by atoms with Gasteiger partial charge in [-0.2, -0.15) is 13.2 Å². The van der Waals surface area contributed by atoms with Gasteiger partial charge in [0.05, 0.1) is 5.56 Å². The summed E-state index contributed by atoms with van der Waals surface area (Å²) in [5, 5.41) is 0. The molecule has 0 fully saturated rings. The molecule has 1 aromatic carbocycles. The van der Waals surface area contributed by atoms with E-state index >= 15 is 0 Å². The number of benzene rings is 1. The number of hydrogen-bond donors (Lipinski definition) is 0. The molecule has 0 aromatic heterocycles. The van der Waals surface area contributed by atoms with E-state index < -0.39 is 11.7 Å². The summed E-state index contributed by atoms with van der Waals surface area (Å²) in [5.41, 5.74) is 0.614. The van der Waals surface area contributed by atoms with E-state index in [-0.39, 0.29) is 5.92 Å². The second-order valence-corrected chi connectivity index (χ2v) is 3.93. The number of aryl methyl sites for hydroxylation is 1. The summed E-state index contributed by atoms with van der Waals surface area (Å²) >= 11 is 0. The fourth-order valence-electron chi connectivity index (χ4n) is 1.57. The molecule has 0 aliphatic heterocycles. The minimum Gasteiger partial charge on any atom is -0.166 e. The van der Waals surface area contributed by atoms with Crippen molar-refractivity contribution >= 4 is 0 Å². The highest BCUT2D eigenvalue weighted by atomic mass is 19.4. The predicted molar refractivity (Wildman–Crippen MR) is 66.3 cm³/mol. The normalized spacial score (nSPS) is 11.1. The van der Waals surface area contributed by atoms with Crippen molar-refractivity contribution in [2.24, 2.45) is 0 Å². The van der Waals surface area contributed by atoms with Gasteiger partial charge >= 0.3 is 6.18 Å². The minimum absolute atomic E-state index is 0.104. The minimum atomic E-state index is -4.25. The SMILES string of the molecule is CC.CCc1ccc(C(C)C)c(C(F)(F)F)c1. The van der Waals surface area contributed by atoms with E-state index in [1.54, 1.807) is 26.0 Å².